The number of rotatable bonds is 10. The lowest BCUT2D eigenvalue weighted by Crippen LogP contribution is -2.30. The average molecular weight is 314 g/mol. The maximum atomic E-state index is 11.8. The van der Waals surface area contributed by atoms with E-state index in [1.165, 1.54) is 0 Å². The summed E-state index contributed by atoms with van der Waals surface area (Å²) in [5.74, 6) is 0.547. The van der Waals surface area contributed by atoms with E-state index < -0.39 is 21.3 Å². The number of hydrogen-bond acceptors (Lipinski definition) is 6. The fourth-order valence-corrected chi connectivity index (χ4v) is 2.74. The molecule has 6 nitrogen and oxygen atoms in total. The van der Waals surface area contributed by atoms with Gasteiger partial charge in [0, 0.05) is 12.4 Å². The SMILES string of the molecule is CC(C)(CSCCCO)C(=O)OCCCS(=O)(=O)O. The number of aliphatic hydroxyl groups is 1. The molecule has 114 valence electrons. The molecular formula is C11H22O6S2. The average Bonchev–Trinajstić information content (AvgIpc) is 2.28. The third-order valence-corrected chi connectivity index (χ3v) is 4.55. The van der Waals surface area contributed by atoms with Gasteiger partial charge in [0.2, 0.25) is 0 Å². The fraction of sp³-hybridized carbons (Fsp3) is 0.909. The summed E-state index contributed by atoms with van der Waals surface area (Å²) in [7, 11) is -4.00. The van der Waals surface area contributed by atoms with E-state index >= 15 is 0 Å². The predicted molar refractivity (Wildman–Crippen MR) is 74.8 cm³/mol. The summed E-state index contributed by atoms with van der Waals surface area (Å²) < 4.78 is 34.4. The largest absolute Gasteiger partial charge is 0.465 e. The molecule has 0 spiro atoms. The highest BCUT2D eigenvalue weighted by Crippen LogP contribution is 2.24. The van der Waals surface area contributed by atoms with Gasteiger partial charge in [0.25, 0.3) is 10.1 Å². The van der Waals surface area contributed by atoms with Crippen LogP contribution < -0.4 is 0 Å². The molecule has 19 heavy (non-hydrogen) atoms. The molecule has 0 aromatic rings. The Hall–Kier alpha value is -0.310. The number of esters is 1. The summed E-state index contributed by atoms with van der Waals surface area (Å²) in [4.78, 5) is 11.8. The Kier molecular flexibility index (Phi) is 8.64. The van der Waals surface area contributed by atoms with Crippen molar-refractivity contribution in [3.63, 3.8) is 0 Å². The highest BCUT2D eigenvalue weighted by Gasteiger charge is 2.29. The second-order valence-electron chi connectivity index (χ2n) is 4.79. The van der Waals surface area contributed by atoms with Crippen LogP contribution in [0, 0.1) is 5.41 Å². The van der Waals surface area contributed by atoms with E-state index in [4.69, 9.17) is 14.4 Å². The van der Waals surface area contributed by atoms with E-state index in [2.05, 4.69) is 0 Å². The van der Waals surface area contributed by atoms with Crippen molar-refractivity contribution in [1.82, 2.24) is 0 Å². The summed E-state index contributed by atoms with van der Waals surface area (Å²) in [5.41, 5.74) is -0.655. The molecule has 0 aromatic carbocycles. The van der Waals surface area contributed by atoms with Gasteiger partial charge >= 0.3 is 5.97 Å². The second kappa shape index (κ2) is 8.78. The summed E-state index contributed by atoms with van der Waals surface area (Å²) in [6.45, 7) is 3.62. The van der Waals surface area contributed by atoms with Crippen molar-refractivity contribution in [2.24, 2.45) is 5.41 Å². The van der Waals surface area contributed by atoms with Crippen LogP contribution >= 0.6 is 11.8 Å². The number of hydrogen-bond donors (Lipinski definition) is 2. The monoisotopic (exact) mass is 314 g/mol. The Morgan fingerprint density at radius 2 is 1.95 bits per heavy atom. The lowest BCUT2D eigenvalue weighted by molar-refractivity contribution is -0.152. The Labute approximate surface area is 118 Å². The number of carbonyl (C=O) groups excluding carboxylic acids is 1. The van der Waals surface area contributed by atoms with Crippen LogP contribution in [0.5, 0.6) is 0 Å². The van der Waals surface area contributed by atoms with Gasteiger partial charge in [-0.25, -0.2) is 0 Å². The predicted octanol–water partition coefficient (Wildman–Crippen LogP) is 0.949. The zero-order valence-electron chi connectivity index (χ0n) is 11.3. The molecule has 8 heteroatoms. The molecule has 0 bridgehead atoms. The van der Waals surface area contributed by atoms with Gasteiger partial charge in [0.1, 0.15) is 0 Å². The molecular weight excluding hydrogens is 292 g/mol. The van der Waals surface area contributed by atoms with Gasteiger partial charge in [0.05, 0.1) is 17.8 Å². The minimum absolute atomic E-state index is 0.0244. The van der Waals surface area contributed by atoms with Gasteiger partial charge in [-0.3, -0.25) is 9.35 Å². The second-order valence-corrected chi connectivity index (χ2v) is 7.47. The first-order valence-electron chi connectivity index (χ1n) is 6.00. The van der Waals surface area contributed by atoms with Crippen molar-refractivity contribution in [2.75, 3.05) is 30.5 Å². The van der Waals surface area contributed by atoms with Crippen LogP contribution in [0.15, 0.2) is 0 Å². The number of thioether (sulfide) groups is 1. The standard InChI is InChI=1S/C11H22O6S2/c1-11(2,9-18-7-3-5-12)10(13)17-6-4-8-19(14,15)16/h12H,3-9H2,1-2H3,(H,14,15,16). The van der Waals surface area contributed by atoms with Crippen LogP contribution in [0.1, 0.15) is 26.7 Å². The molecule has 0 unspecified atom stereocenters. The van der Waals surface area contributed by atoms with Crippen LogP contribution in [-0.4, -0.2) is 54.5 Å². The van der Waals surface area contributed by atoms with E-state index in [-0.39, 0.29) is 25.6 Å². The molecule has 0 rings (SSSR count). The number of carbonyl (C=O) groups is 1. The van der Waals surface area contributed by atoms with Crippen molar-refractivity contribution in [3.05, 3.63) is 0 Å². The Balaban J connectivity index is 3.90. The van der Waals surface area contributed by atoms with Crippen molar-refractivity contribution in [1.29, 1.82) is 0 Å². The normalized spacial score (nSPS) is 12.4. The van der Waals surface area contributed by atoms with Gasteiger partial charge in [-0.05, 0) is 32.4 Å². The topological polar surface area (TPSA) is 101 Å². The van der Waals surface area contributed by atoms with E-state index in [1.54, 1.807) is 25.6 Å². The van der Waals surface area contributed by atoms with E-state index in [0.717, 1.165) is 5.75 Å². The van der Waals surface area contributed by atoms with Crippen LogP contribution in [0.2, 0.25) is 0 Å². The van der Waals surface area contributed by atoms with E-state index in [1.807, 2.05) is 0 Å². The van der Waals surface area contributed by atoms with Crippen LogP contribution in [0.3, 0.4) is 0 Å². The molecule has 0 fully saturated rings. The minimum Gasteiger partial charge on any atom is -0.465 e. The van der Waals surface area contributed by atoms with Gasteiger partial charge in [-0.2, -0.15) is 20.2 Å². The first-order chi connectivity index (χ1) is 8.69. The highest BCUT2D eigenvalue weighted by atomic mass is 32.2. The van der Waals surface area contributed by atoms with Gasteiger partial charge in [-0.15, -0.1) is 0 Å². The molecule has 0 saturated heterocycles. The fourth-order valence-electron chi connectivity index (χ4n) is 1.15. The molecule has 2 N–H and O–H groups in total. The maximum absolute atomic E-state index is 11.8. The molecule has 0 atom stereocenters. The van der Waals surface area contributed by atoms with Crippen LogP contribution in [0.25, 0.3) is 0 Å². The van der Waals surface area contributed by atoms with Gasteiger partial charge in [-0.1, -0.05) is 0 Å². The van der Waals surface area contributed by atoms with E-state index in [9.17, 15) is 13.2 Å². The molecule has 0 aliphatic heterocycles. The van der Waals surface area contributed by atoms with Crippen molar-refractivity contribution in [2.45, 2.75) is 26.7 Å². The number of aliphatic hydroxyl groups excluding tert-OH is 1. The van der Waals surface area contributed by atoms with Crippen LogP contribution in [-0.2, 0) is 19.6 Å². The van der Waals surface area contributed by atoms with Crippen LogP contribution in [0.4, 0.5) is 0 Å². The zero-order chi connectivity index (χ0) is 14.9. The van der Waals surface area contributed by atoms with Crippen molar-refractivity contribution in [3.8, 4) is 0 Å². The Morgan fingerprint density at radius 3 is 2.47 bits per heavy atom. The molecule has 0 aliphatic rings. The zero-order valence-corrected chi connectivity index (χ0v) is 12.9. The summed E-state index contributed by atoms with van der Waals surface area (Å²) in [6.07, 6.45) is 0.766. The summed E-state index contributed by atoms with van der Waals surface area (Å²) >= 11 is 1.56. The smallest absolute Gasteiger partial charge is 0.312 e. The molecule has 0 saturated carbocycles. The molecule has 0 amide bonds. The molecule has 0 heterocycles. The van der Waals surface area contributed by atoms with Gasteiger partial charge in [0.15, 0.2) is 0 Å². The highest BCUT2D eigenvalue weighted by molar-refractivity contribution is 7.99. The first kappa shape index (κ1) is 18.7. The van der Waals surface area contributed by atoms with Gasteiger partial charge < -0.3 is 9.84 Å². The minimum atomic E-state index is -4.00. The van der Waals surface area contributed by atoms with Crippen molar-refractivity contribution < 1.29 is 27.6 Å². The third-order valence-electron chi connectivity index (χ3n) is 2.24. The molecule has 0 aliphatic carbocycles. The Morgan fingerprint density at radius 1 is 1.32 bits per heavy atom. The number of ether oxygens (including phenoxy) is 1. The molecule has 0 aromatic heterocycles. The quantitative estimate of drug-likeness (QED) is 0.352. The maximum Gasteiger partial charge on any atom is 0.312 e. The summed E-state index contributed by atoms with van der Waals surface area (Å²) in [5, 5.41) is 8.64. The lowest BCUT2D eigenvalue weighted by Gasteiger charge is -2.22. The van der Waals surface area contributed by atoms with E-state index in [0.29, 0.717) is 12.2 Å². The lowest BCUT2D eigenvalue weighted by atomic mass is 9.97. The Bertz CT molecular complexity index is 363. The summed E-state index contributed by atoms with van der Waals surface area (Å²) in [6, 6.07) is 0. The molecule has 0 radical (unpaired) electrons. The van der Waals surface area contributed by atoms with Crippen molar-refractivity contribution >= 4 is 27.8 Å². The first-order valence-corrected chi connectivity index (χ1v) is 8.76. The third kappa shape index (κ3) is 10.2.